The number of benzene rings is 2. The molecule has 0 aliphatic carbocycles. The third-order valence-electron chi connectivity index (χ3n) is 4.35. The maximum Gasteiger partial charge on any atom is 0.436 e. The van der Waals surface area contributed by atoms with Gasteiger partial charge in [0.05, 0.1) is 11.9 Å². The summed E-state index contributed by atoms with van der Waals surface area (Å²) in [6.07, 6.45) is -7.08. The minimum absolute atomic E-state index is 0.0205. The zero-order valence-corrected chi connectivity index (χ0v) is 18.2. The van der Waals surface area contributed by atoms with Crippen LogP contribution in [0.2, 0.25) is 0 Å². The van der Waals surface area contributed by atoms with Gasteiger partial charge in [0.2, 0.25) is 15.8 Å². The number of nitrogens with zero attached hydrogens (tertiary/aromatic N) is 1. The molecular formula is C18H13F8NO5S2. The van der Waals surface area contributed by atoms with Crippen LogP contribution in [0.4, 0.5) is 40.8 Å². The van der Waals surface area contributed by atoms with Crippen LogP contribution >= 0.6 is 0 Å². The Morgan fingerprint density at radius 2 is 1.15 bits per heavy atom. The Labute approximate surface area is 187 Å². The second-order valence-electron chi connectivity index (χ2n) is 6.74. The number of carbonyl (C=O) groups is 1. The first kappa shape index (κ1) is 27.5. The van der Waals surface area contributed by atoms with Crippen molar-refractivity contribution < 1.29 is 56.8 Å². The van der Waals surface area contributed by atoms with E-state index in [9.17, 15) is 52.4 Å². The highest BCUT2D eigenvalue weighted by Gasteiger charge is 2.87. The first-order chi connectivity index (χ1) is 15.2. The number of ketones is 1. The molecule has 2 rings (SSSR count). The first-order valence-corrected chi connectivity index (χ1v) is 11.9. The Morgan fingerprint density at radius 1 is 0.735 bits per heavy atom. The molecule has 0 aromatic heterocycles. The smallest absolute Gasteiger partial charge is 0.290 e. The van der Waals surface area contributed by atoms with Gasteiger partial charge in [-0.15, -0.1) is 0 Å². The zero-order valence-electron chi connectivity index (χ0n) is 16.6. The summed E-state index contributed by atoms with van der Waals surface area (Å²) in [6.45, 7) is 0. The fourth-order valence-corrected chi connectivity index (χ4v) is 6.05. The quantitative estimate of drug-likeness (QED) is 0.371. The second kappa shape index (κ2) is 8.48. The second-order valence-corrected chi connectivity index (χ2v) is 10.6. The zero-order chi connectivity index (χ0) is 26.4. The third kappa shape index (κ3) is 4.12. The summed E-state index contributed by atoms with van der Waals surface area (Å²) in [5.74, 6) is -10.6. The highest BCUT2D eigenvalue weighted by Crippen LogP contribution is 2.56. The Bertz CT molecular complexity index is 1270. The van der Waals surface area contributed by atoms with Crippen molar-refractivity contribution in [3.8, 4) is 0 Å². The van der Waals surface area contributed by atoms with E-state index in [0.29, 0.717) is 24.3 Å². The lowest BCUT2D eigenvalue weighted by molar-refractivity contribution is -0.314. The largest absolute Gasteiger partial charge is 0.436 e. The van der Waals surface area contributed by atoms with E-state index in [1.165, 1.54) is 0 Å². The van der Waals surface area contributed by atoms with Crippen molar-refractivity contribution in [1.82, 2.24) is 0 Å². The summed E-state index contributed by atoms with van der Waals surface area (Å²) in [4.78, 5) is 12.1. The molecule has 0 saturated heterocycles. The molecule has 0 saturated carbocycles. The van der Waals surface area contributed by atoms with Gasteiger partial charge in [0, 0.05) is 5.56 Å². The SMILES string of the molecule is CS(=O)(=O)N(c1ccccc1)S(=O)(=O)C(F)(F)C(F)(F)C(F)(C(=O)c1ccccc1)C(F)(F)F. The van der Waals surface area contributed by atoms with Crippen molar-refractivity contribution in [2.24, 2.45) is 0 Å². The molecule has 34 heavy (non-hydrogen) atoms. The van der Waals surface area contributed by atoms with Gasteiger partial charge in [0.25, 0.3) is 0 Å². The van der Waals surface area contributed by atoms with Crippen molar-refractivity contribution in [3.05, 3.63) is 66.2 Å². The highest BCUT2D eigenvalue weighted by molar-refractivity contribution is 8.10. The molecule has 0 fully saturated rings. The van der Waals surface area contributed by atoms with Gasteiger partial charge in [-0.25, -0.2) is 12.8 Å². The molecule has 0 amide bonds. The molecule has 188 valence electrons. The van der Waals surface area contributed by atoms with Gasteiger partial charge < -0.3 is 0 Å². The average molecular weight is 539 g/mol. The minimum Gasteiger partial charge on any atom is -0.290 e. The van der Waals surface area contributed by atoms with E-state index in [1.54, 1.807) is 0 Å². The molecule has 1 atom stereocenters. The fraction of sp³-hybridized carbons (Fsp3) is 0.278. The molecule has 1 unspecified atom stereocenters. The maximum atomic E-state index is 15.0. The Kier molecular flexibility index (Phi) is 6.86. The fourth-order valence-electron chi connectivity index (χ4n) is 2.76. The van der Waals surface area contributed by atoms with E-state index in [4.69, 9.17) is 0 Å². The normalized spacial score (nSPS) is 15.4. The third-order valence-corrected chi connectivity index (χ3v) is 8.11. The summed E-state index contributed by atoms with van der Waals surface area (Å²) in [5.41, 5.74) is -9.40. The molecule has 0 spiro atoms. The van der Waals surface area contributed by atoms with Crippen molar-refractivity contribution in [2.45, 2.75) is 23.0 Å². The molecule has 0 heterocycles. The number of sulfonamides is 2. The van der Waals surface area contributed by atoms with Crippen molar-refractivity contribution >= 4 is 31.5 Å². The number of Topliss-reactive ketones (excluding diaryl/α,β-unsaturated/α-hetero) is 1. The average Bonchev–Trinajstić information content (AvgIpc) is 2.71. The van der Waals surface area contributed by atoms with Crippen LogP contribution in [0.5, 0.6) is 0 Å². The molecular weight excluding hydrogens is 526 g/mol. The number of hydrogen-bond acceptors (Lipinski definition) is 5. The minimum atomic E-state index is -7.36. The van der Waals surface area contributed by atoms with Crippen LogP contribution < -0.4 is 3.71 Å². The molecule has 0 aliphatic heterocycles. The number of halogens is 8. The molecule has 16 heteroatoms. The van der Waals surface area contributed by atoms with E-state index in [-0.39, 0.29) is 6.26 Å². The van der Waals surface area contributed by atoms with Gasteiger partial charge in [-0.2, -0.15) is 42.9 Å². The number of carbonyl (C=O) groups excluding carboxylic acids is 1. The van der Waals surface area contributed by atoms with E-state index in [2.05, 4.69) is 0 Å². The van der Waals surface area contributed by atoms with Gasteiger partial charge in [-0.05, 0) is 12.1 Å². The maximum absolute atomic E-state index is 15.0. The predicted molar refractivity (Wildman–Crippen MR) is 103 cm³/mol. The van der Waals surface area contributed by atoms with Crippen LogP contribution in [0.1, 0.15) is 10.4 Å². The standard InChI is InChI=1S/C18H13F8NO5S2/c1-33(29,30)27(13-10-6-3-7-11-13)34(31,32)18(25,26)16(20,21)15(19,17(22,23)24)14(28)12-8-4-2-5-9-12/h2-11H,1H3. The van der Waals surface area contributed by atoms with Gasteiger partial charge >= 0.3 is 33.0 Å². The number of para-hydroxylation sites is 1. The Balaban J connectivity index is 2.84. The molecule has 0 bridgehead atoms. The predicted octanol–water partition coefficient (Wildman–Crippen LogP) is 4.16. The molecule has 0 N–H and O–H groups in total. The Morgan fingerprint density at radius 3 is 1.53 bits per heavy atom. The van der Waals surface area contributed by atoms with E-state index in [1.807, 2.05) is 0 Å². The van der Waals surface area contributed by atoms with E-state index in [0.717, 1.165) is 36.4 Å². The number of alkyl halides is 8. The summed E-state index contributed by atoms with van der Waals surface area (Å²) < 4.78 is 162. The lowest BCUT2D eigenvalue weighted by Crippen LogP contribution is -2.70. The number of hydrogen-bond donors (Lipinski definition) is 0. The van der Waals surface area contributed by atoms with Crippen molar-refractivity contribution in [2.75, 3.05) is 9.97 Å². The van der Waals surface area contributed by atoms with Gasteiger partial charge in [0.15, 0.2) is 0 Å². The highest BCUT2D eigenvalue weighted by atomic mass is 32.3. The number of anilines is 1. The van der Waals surface area contributed by atoms with E-state index < -0.39 is 63.8 Å². The van der Waals surface area contributed by atoms with Gasteiger partial charge in [-0.3, -0.25) is 4.79 Å². The van der Waals surface area contributed by atoms with Crippen LogP contribution in [0.3, 0.4) is 0 Å². The Hall–Kier alpha value is -2.75. The van der Waals surface area contributed by atoms with Crippen LogP contribution in [-0.4, -0.2) is 51.9 Å². The molecule has 6 nitrogen and oxygen atoms in total. The summed E-state index contributed by atoms with van der Waals surface area (Å²) in [6, 6.07) is 7.51. The first-order valence-electron chi connectivity index (χ1n) is 8.66. The molecule has 2 aromatic rings. The van der Waals surface area contributed by atoms with Crippen LogP contribution in [-0.2, 0) is 20.0 Å². The van der Waals surface area contributed by atoms with Gasteiger partial charge in [0.1, 0.15) is 0 Å². The van der Waals surface area contributed by atoms with Crippen LogP contribution in [0, 0.1) is 0 Å². The summed E-state index contributed by atoms with van der Waals surface area (Å²) in [5, 5.41) is -7.10. The van der Waals surface area contributed by atoms with Crippen molar-refractivity contribution in [3.63, 3.8) is 0 Å². The van der Waals surface area contributed by atoms with E-state index >= 15 is 4.39 Å². The summed E-state index contributed by atoms with van der Waals surface area (Å²) >= 11 is 0. The summed E-state index contributed by atoms with van der Waals surface area (Å²) in [7, 11) is -12.8. The molecule has 0 aliphatic rings. The van der Waals surface area contributed by atoms with Crippen LogP contribution in [0.25, 0.3) is 0 Å². The number of rotatable bonds is 8. The lowest BCUT2D eigenvalue weighted by atomic mass is 9.87. The molecule has 0 radical (unpaired) electrons. The topological polar surface area (TPSA) is 88.6 Å². The monoisotopic (exact) mass is 539 g/mol. The lowest BCUT2D eigenvalue weighted by Gasteiger charge is -2.38. The van der Waals surface area contributed by atoms with Gasteiger partial charge in [-0.1, -0.05) is 48.5 Å². The van der Waals surface area contributed by atoms with Crippen molar-refractivity contribution in [1.29, 1.82) is 0 Å². The molecule has 2 aromatic carbocycles. The van der Waals surface area contributed by atoms with Crippen LogP contribution in [0.15, 0.2) is 60.7 Å².